The lowest BCUT2D eigenvalue weighted by atomic mass is 9.53. The van der Waals surface area contributed by atoms with Crippen LogP contribution in [0.3, 0.4) is 0 Å². The molecule has 1 aromatic heterocycles. The van der Waals surface area contributed by atoms with E-state index in [-0.39, 0.29) is 29.4 Å². The molecule has 2 N–H and O–H groups in total. The summed E-state index contributed by atoms with van der Waals surface area (Å²) in [5.41, 5.74) is 3.52. The number of carbonyl (C=O) groups is 3. The Morgan fingerprint density at radius 1 is 1.02 bits per heavy atom. The van der Waals surface area contributed by atoms with Crippen LogP contribution in [-0.4, -0.2) is 28.1 Å². The van der Waals surface area contributed by atoms with Gasteiger partial charge in [-0.05, 0) is 106 Å². The van der Waals surface area contributed by atoms with Crippen molar-refractivity contribution < 1.29 is 14.4 Å². The number of imide groups is 1. The van der Waals surface area contributed by atoms with Gasteiger partial charge >= 0.3 is 0 Å². The van der Waals surface area contributed by atoms with Crippen molar-refractivity contribution in [2.45, 2.75) is 99.8 Å². The van der Waals surface area contributed by atoms with E-state index in [0.29, 0.717) is 24.8 Å². The van der Waals surface area contributed by atoms with Crippen molar-refractivity contribution in [2.24, 2.45) is 29.6 Å². The number of amides is 2. The van der Waals surface area contributed by atoms with E-state index in [1.165, 1.54) is 44.2 Å². The third kappa shape index (κ3) is 5.68. The quantitative estimate of drug-likeness (QED) is 0.278. The van der Waals surface area contributed by atoms with Crippen LogP contribution in [0.25, 0.3) is 0 Å². The van der Waals surface area contributed by atoms with Gasteiger partial charge in [0.1, 0.15) is 5.01 Å². The number of carbonyl (C=O) groups excluding carboxylic acids is 3. The highest BCUT2D eigenvalue weighted by atomic mass is 32.2. The molecule has 0 spiro atoms. The van der Waals surface area contributed by atoms with Gasteiger partial charge in [0.2, 0.25) is 11.8 Å². The van der Waals surface area contributed by atoms with Crippen molar-refractivity contribution in [3.05, 3.63) is 45.4 Å². The molecule has 1 aliphatic heterocycles. The van der Waals surface area contributed by atoms with Crippen LogP contribution in [0, 0.1) is 29.6 Å². The van der Waals surface area contributed by atoms with Gasteiger partial charge in [-0.1, -0.05) is 6.07 Å². The average Bonchev–Trinajstić information content (AvgIpc) is 3.38. The van der Waals surface area contributed by atoms with E-state index in [2.05, 4.69) is 34.2 Å². The standard InChI is InChI=1S/C32H39N3O3S2/c36-28-11-19(1-2-23-4-6-29(37)35-31(23)38)10-24-3-5-26(12-27(24)28)39-18-30-34-25(17-40-30)16-33-32-13-20-7-21(14-32)9-22(8-20)15-32/h3,5,12,17,19-23,33H,1-2,4,6-11,13-16,18H2,(H,35,37,38). The van der Waals surface area contributed by atoms with Crippen LogP contribution in [0.15, 0.2) is 28.5 Å². The Hall–Kier alpha value is -2.03. The van der Waals surface area contributed by atoms with Crippen LogP contribution in [0.4, 0.5) is 0 Å². The van der Waals surface area contributed by atoms with E-state index < -0.39 is 0 Å². The zero-order valence-corrected chi connectivity index (χ0v) is 24.7. The van der Waals surface area contributed by atoms with Crippen LogP contribution in [0.1, 0.15) is 97.3 Å². The third-order valence-electron chi connectivity index (χ3n) is 10.3. The maximum Gasteiger partial charge on any atom is 0.229 e. The van der Waals surface area contributed by atoms with Crippen molar-refractivity contribution >= 4 is 40.7 Å². The number of piperidine rings is 1. The molecule has 4 bridgehead atoms. The Balaban J connectivity index is 0.904. The maximum atomic E-state index is 13.0. The van der Waals surface area contributed by atoms with Gasteiger partial charge in [0.15, 0.2) is 5.78 Å². The molecule has 6 nitrogen and oxygen atoms in total. The summed E-state index contributed by atoms with van der Waals surface area (Å²) in [5, 5.41) is 9.78. The second-order valence-electron chi connectivity index (χ2n) is 13.3. The van der Waals surface area contributed by atoms with Crippen molar-refractivity contribution in [1.29, 1.82) is 0 Å². The van der Waals surface area contributed by atoms with Crippen molar-refractivity contribution in [3.63, 3.8) is 0 Å². The minimum Gasteiger partial charge on any atom is -0.306 e. The molecule has 4 saturated carbocycles. The lowest BCUT2D eigenvalue weighted by Crippen LogP contribution is -2.58. The molecule has 2 amide bonds. The summed E-state index contributed by atoms with van der Waals surface area (Å²) in [6.45, 7) is 0.880. The van der Waals surface area contributed by atoms with Crippen molar-refractivity contribution in [2.75, 3.05) is 0 Å². The molecule has 5 aliphatic carbocycles. The smallest absolute Gasteiger partial charge is 0.229 e. The number of hydrogen-bond acceptors (Lipinski definition) is 7. The average molecular weight is 578 g/mol. The molecule has 2 heterocycles. The van der Waals surface area contributed by atoms with Crippen molar-refractivity contribution in [1.82, 2.24) is 15.6 Å². The topological polar surface area (TPSA) is 88.2 Å². The molecular weight excluding hydrogens is 539 g/mol. The highest BCUT2D eigenvalue weighted by molar-refractivity contribution is 7.98. The van der Waals surface area contributed by atoms with E-state index in [1.54, 1.807) is 23.1 Å². The first-order valence-electron chi connectivity index (χ1n) is 15.2. The van der Waals surface area contributed by atoms with Crippen LogP contribution in [0.5, 0.6) is 0 Å². The molecule has 2 atom stereocenters. The summed E-state index contributed by atoms with van der Waals surface area (Å²) in [6.07, 6.45) is 12.6. The second kappa shape index (κ2) is 11.0. The number of benzene rings is 1. The summed E-state index contributed by atoms with van der Waals surface area (Å²) in [4.78, 5) is 42.6. The predicted octanol–water partition coefficient (Wildman–Crippen LogP) is 6.07. The number of nitrogens with zero attached hydrogens (tertiary/aromatic N) is 1. The summed E-state index contributed by atoms with van der Waals surface area (Å²) >= 11 is 3.51. The monoisotopic (exact) mass is 577 g/mol. The van der Waals surface area contributed by atoms with E-state index in [4.69, 9.17) is 4.98 Å². The molecule has 5 fully saturated rings. The zero-order chi connectivity index (χ0) is 27.3. The lowest BCUT2D eigenvalue weighted by Gasteiger charge is -2.57. The number of aromatic nitrogens is 1. The molecule has 8 rings (SSSR count). The summed E-state index contributed by atoms with van der Waals surface area (Å²) in [5.74, 6) is 3.74. The molecule has 6 aliphatic rings. The fourth-order valence-electron chi connectivity index (χ4n) is 8.74. The number of rotatable bonds is 9. The number of nitrogens with one attached hydrogen (secondary N) is 2. The van der Waals surface area contributed by atoms with E-state index in [9.17, 15) is 14.4 Å². The normalized spacial score (nSPS) is 32.8. The van der Waals surface area contributed by atoms with Gasteiger partial charge in [-0.2, -0.15) is 0 Å². The van der Waals surface area contributed by atoms with E-state index in [0.717, 1.165) is 70.3 Å². The molecule has 2 aromatic rings. The number of fused-ring (bicyclic) bond motifs is 1. The second-order valence-corrected chi connectivity index (χ2v) is 15.3. The number of thioether (sulfide) groups is 1. The van der Waals surface area contributed by atoms with E-state index >= 15 is 0 Å². The van der Waals surface area contributed by atoms with Gasteiger partial charge < -0.3 is 5.32 Å². The molecule has 2 unspecified atom stereocenters. The molecule has 40 heavy (non-hydrogen) atoms. The Morgan fingerprint density at radius 2 is 1.80 bits per heavy atom. The Labute approximate surface area is 244 Å². The van der Waals surface area contributed by atoms with Gasteiger partial charge in [-0.15, -0.1) is 23.1 Å². The fourth-order valence-corrected chi connectivity index (χ4v) is 10.5. The Morgan fingerprint density at radius 3 is 2.55 bits per heavy atom. The minimum atomic E-state index is -0.170. The number of hydrogen-bond donors (Lipinski definition) is 2. The summed E-state index contributed by atoms with van der Waals surface area (Å²) < 4.78 is 0. The van der Waals surface area contributed by atoms with Crippen LogP contribution >= 0.6 is 23.1 Å². The number of thiazole rings is 1. The number of ketones is 1. The first kappa shape index (κ1) is 26.8. The Bertz CT molecular complexity index is 1280. The van der Waals surface area contributed by atoms with Crippen LogP contribution < -0.4 is 10.6 Å². The molecule has 0 radical (unpaired) electrons. The van der Waals surface area contributed by atoms with Crippen LogP contribution in [-0.2, 0) is 28.3 Å². The van der Waals surface area contributed by atoms with Crippen LogP contribution in [0.2, 0.25) is 0 Å². The highest BCUT2D eigenvalue weighted by Gasteiger charge is 2.50. The molecule has 8 heteroatoms. The third-order valence-corrected chi connectivity index (χ3v) is 12.4. The summed E-state index contributed by atoms with van der Waals surface area (Å²) in [6, 6.07) is 6.33. The van der Waals surface area contributed by atoms with E-state index in [1.807, 2.05) is 0 Å². The van der Waals surface area contributed by atoms with Gasteiger partial charge in [0.25, 0.3) is 0 Å². The molecular formula is C32H39N3O3S2. The van der Waals surface area contributed by atoms with Crippen molar-refractivity contribution in [3.8, 4) is 0 Å². The summed E-state index contributed by atoms with van der Waals surface area (Å²) in [7, 11) is 0. The SMILES string of the molecule is O=C1CCC(CCC2CC(=O)c3cc(SCc4nc(CNC56CC7CC(CC(C7)C5)C6)cs4)ccc3C2)C(=O)N1. The minimum absolute atomic E-state index is 0.104. The molecule has 1 aromatic carbocycles. The van der Waals surface area contributed by atoms with Gasteiger partial charge in [0.05, 0.1) is 11.4 Å². The zero-order valence-electron chi connectivity index (χ0n) is 23.1. The largest absolute Gasteiger partial charge is 0.306 e. The molecule has 1 saturated heterocycles. The Kier molecular flexibility index (Phi) is 7.38. The fraction of sp³-hybridized carbons (Fsp3) is 0.625. The highest BCUT2D eigenvalue weighted by Crippen LogP contribution is 2.55. The van der Waals surface area contributed by atoms with Gasteiger partial charge in [0, 0.05) is 46.7 Å². The van der Waals surface area contributed by atoms with Gasteiger partial charge in [-0.3, -0.25) is 19.7 Å². The maximum absolute atomic E-state index is 13.0. The molecule has 212 valence electrons. The predicted molar refractivity (Wildman–Crippen MR) is 157 cm³/mol. The first-order valence-corrected chi connectivity index (χ1v) is 17.1. The lowest BCUT2D eigenvalue weighted by molar-refractivity contribution is -0.136. The number of Topliss-reactive ketones (excluding diaryl/α,β-unsaturated/α-hetero) is 1. The van der Waals surface area contributed by atoms with Gasteiger partial charge in [-0.25, -0.2) is 4.98 Å². The first-order chi connectivity index (χ1) is 19.4.